The third-order valence-electron chi connectivity index (χ3n) is 5.22. The Labute approximate surface area is 175 Å². The molecule has 2 N–H and O–H groups in total. The molecule has 1 aliphatic rings. The number of benzene rings is 1. The molecule has 156 valence electrons. The lowest BCUT2D eigenvalue weighted by molar-refractivity contribution is -0.129. The summed E-state index contributed by atoms with van der Waals surface area (Å²) in [7, 11) is 0. The summed E-state index contributed by atoms with van der Waals surface area (Å²) in [6.07, 6.45) is 5.14. The molecule has 0 bridgehead atoms. The topological polar surface area (TPSA) is 88.4 Å². The minimum absolute atomic E-state index is 0.00471. The van der Waals surface area contributed by atoms with Gasteiger partial charge in [-0.3, -0.25) is 9.59 Å². The molecule has 1 aromatic carbocycles. The second-order valence-electron chi connectivity index (χ2n) is 7.24. The largest absolute Gasteiger partial charge is 0.349 e. The number of nitrogens with zero attached hydrogens (tertiary/aromatic N) is 3. The van der Waals surface area contributed by atoms with Gasteiger partial charge in [-0.1, -0.05) is 11.6 Å². The highest BCUT2D eigenvalue weighted by molar-refractivity contribution is 6.33. The number of hydrogen-bond acceptors (Lipinski definition) is 4. The number of amides is 2. The van der Waals surface area contributed by atoms with Crippen LogP contribution < -0.4 is 10.6 Å². The summed E-state index contributed by atoms with van der Waals surface area (Å²) < 4.78 is 29.8. The van der Waals surface area contributed by atoms with E-state index in [2.05, 4.69) is 20.7 Å². The van der Waals surface area contributed by atoms with E-state index in [-0.39, 0.29) is 35.5 Å². The van der Waals surface area contributed by atoms with Crippen LogP contribution in [0, 0.1) is 5.82 Å². The Kier molecular flexibility index (Phi) is 5.38. The number of nitrogens with one attached hydrogen (secondary N) is 2. The number of alkyl halides is 1. The lowest BCUT2D eigenvalue weighted by Gasteiger charge is -2.33. The lowest BCUT2D eigenvalue weighted by Crippen LogP contribution is -2.47. The molecule has 0 radical (unpaired) electrons. The van der Waals surface area contributed by atoms with Crippen LogP contribution in [0.15, 0.2) is 42.9 Å². The second kappa shape index (κ2) is 7.98. The van der Waals surface area contributed by atoms with Gasteiger partial charge in [0.15, 0.2) is 11.3 Å². The predicted molar refractivity (Wildman–Crippen MR) is 107 cm³/mol. The Bertz CT molecular complexity index is 1110. The normalized spacial score (nSPS) is 21.4. The predicted octanol–water partition coefficient (Wildman–Crippen LogP) is 3.54. The van der Waals surface area contributed by atoms with Gasteiger partial charge in [0, 0.05) is 18.4 Å². The molecule has 0 spiro atoms. The van der Waals surface area contributed by atoms with Gasteiger partial charge in [0.2, 0.25) is 0 Å². The number of aromatic nitrogens is 3. The Morgan fingerprint density at radius 3 is 2.77 bits per heavy atom. The highest BCUT2D eigenvalue weighted by Crippen LogP contribution is 2.34. The van der Waals surface area contributed by atoms with Crippen molar-refractivity contribution in [3.05, 3.63) is 59.3 Å². The van der Waals surface area contributed by atoms with Crippen LogP contribution in [-0.2, 0) is 4.79 Å². The van der Waals surface area contributed by atoms with E-state index in [1.54, 1.807) is 18.5 Å². The lowest BCUT2D eigenvalue weighted by atomic mass is 9.82. The first kappa shape index (κ1) is 20.2. The van der Waals surface area contributed by atoms with Crippen molar-refractivity contribution < 1.29 is 18.4 Å². The fourth-order valence-corrected chi connectivity index (χ4v) is 3.74. The summed E-state index contributed by atoms with van der Waals surface area (Å²) in [5.74, 6) is -1.72. The zero-order chi connectivity index (χ0) is 21.3. The van der Waals surface area contributed by atoms with Crippen molar-refractivity contribution in [1.29, 1.82) is 0 Å². The van der Waals surface area contributed by atoms with Gasteiger partial charge in [-0.2, -0.15) is 5.10 Å². The minimum atomic E-state index is -2.09. The number of hydrogen-bond donors (Lipinski definition) is 2. The van der Waals surface area contributed by atoms with E-state index < -0.39 is 17.4 Å². The number of carbonyl (C=O) groups is 2. The average molecular weight is 434 g/mol. The molecule has 0 unspecified atom stereocenters. The van der Waals surface area contributed by atoms with E-state index >= 15 is 4.39 Å². The van der Waals surface area contributed by atoms with Gasteiger partial charge in [0.1, 0.15) is 11.4 Å². The molecule has 0 aliphatic heterocycles. The molecule has 0 saturated heterocycles. The maximum Gasteiger partial charge on any atom is 0.262 e. The molecule has 1 saturated carbocycles. The number of anilines is 1. The van der Waals surface area contributed by atoms with Crippen molar-refractivity contribution in [2.75, 3.05) is 5.32 Å². The van der Waals surface area contributed by atoms with E-state index in [1.165, 1.54) is 16.8 Å². The van der Waals surface area contributed by atoms with E-state index in [4.69, 9.17) is 11.6 Å². The molecule has 2 heterocycles. The first-order valence-corrected chi connectivity index (χ1v) is 9.78. The number of rotatable bonds is 4. The maximum atomic E-state index is 15.2. The van der Waals surface area contributed by atoms with E-state index in [1.807, 2.05) is 0 Å². The summed E-state index contributed by atoms with van der Waals surface area (Å²) in [5, 5.41) is 9.36. The van der Waals surface area contributed by atoms with Crippen molar-refractivity contribution >= 4 is 34.7 Å². The summed E-state index contributed by atoms with van der Waals surface area (Å²) >= 11 is 5.89. The highest BCUT2D eigenvalue weighted by Gasteiger charge is 2.42. The highest BCUT2D eigenvalue weighted by atomic mass is 35.5. The maximum absolute atomic E-state index is 15.2. The Morgan fingerprint density at radius 2 is 2.03 bits per heavy atom. The molecule has 2 aromatic heterocycles. The average Bonchev–Trinajstić information content (AvgIpc) is 3.16. The van der Waals surface area contributed by atoms with Crippen LogP contribution in [0.4, 0.5) is 14.5 Å². The summed E-state index contributed by atoms with van der Waals surface area (Å²) in [4.78, 5) is 29.2. The second-order valence-corrected chi connectivity index (χ2v) is 7.64. The standard InChI is InChI=1S/C20H18ClF2N5O2/c21-15-10-12(22)2-3-16(15)27-19(30)20(23)6-4-13(5-7-20)26-18(29)14-11-25-28-9-1-8-24-17(14)28/h1-3,8-11,13H,4-7H2,(H,26,29)(H,27,30). The van der Waals surface area contributed by atoms with Gasteiger partial charge in [0.25, 0.3) is 11.8 Å². The zero-order valence-electron chi connectivity index (χ0n) is 15.7. The van der Waals surface area contributed by atoms with Crippen LogP contribution in [-0.4, -0.2) is 38.1 Å². The van der Waals surface area contributed by atoms with Crippen LogP contribution in [0.5, 0.6) is 0 Å². The van der Waals surface area contributed by atoms with Crippen LogP contribution in [0.1, 0.15) is 36.0 Å². The molecule has 1 aliphatic carbocycles. The first-order chi connectivity index (χ1) is 14.4. The molecular weight excluding hydrogens is 416 g/mol. The summed E-state index contributed by atoms with van der Waals surface area (Å²) in [6, 6.07) is 4.89. The van der Waals surface area contributed by atoms with Crippen LogP contribution in [0.25, 0.3) is 5.65 Å². The van der Waals surface area contributed by atoms with Gasteiger partial charge in [0.05, 0.1) is 16.9 Å². The Hall–Kier alpha value is -3.07. The van der Waals surface area contributed by atoms with Gasteiger partial charge < -0.3 is 10.6 Å². The minimum Gasteiger partial charge on any atom is -0.349 e. The number of halogens is 3. The Balaban J connectivity index is 1.36. The molecule has 2 amide bonds. The van der Waals surface area contributed by atoms with Crippen molar-refractivity contribution in [3.63, 3.8) is 0 Å². The van der Waals surface area contributed by atoms with Gasteiger partial charge in [-0.05, 0) is 49.9 Å². The smallest absolute Gasteiger partial charge is 0.262 e. The summed E-state index contributed by atoms with van der Waals surface area (Å²) in [6.45, 7) is 0. The molecule has 3 aromatic rings. The van der Waals surface area contributed by atoms with Crippen molar-refractivity contribution in [1.82, 2.24) is 19.9 Å². The quantitative estimate of drug-likeness (QED) is 0.658. The van der Waals surface area contributed by atoms with Crippen LogP contribution in [0.3, 0.4) is 0 Å². The molecule has 4 rings (SSSR count). The SMILES string of the molecule is O=C(NC1CCC(F)(C(=O)Nc2ccc(F)cc2Cl)CC1)c1cnn2cccnc12. The zero-order valence-corrected chi connectivity index (χ0v) is 16.5. The van der Waals surface area contributed by atoms with Crippen LogP contribution >= 0.6 is 11.6 Å². The van der Waals surface area contributed by atoms with Crippen molar-refractivity contribution in [3.8, 4) is 0 Å². The number of fused-ring (bicyclic) bond motifs is 1. The van der Waals surface area contributed by atoms with Gasteiger partial charge >= 0.3 is 0 Å². The molecule has 30 heavy (non-hydrogen) atoms. The molecule has 10 heteroatoms. The third kappa shape index (κ3) is 3.97. The fourth-order valence-electron chi connectivity index (χ4n) is 3.52. The van der Waals surface area contributed by atoms with Gasteiger partial charge in [-0.15, -0.1) is 0 Å². The van der Waals surface area contributed by atoms with E-state index in [0.29, 0.717) is 24.1 Å². The third-order valence-corrected chi connectivity index (χ3v) is 5.54. The number of carbonyl (C=O) groups excluding carboxylic acids is 2. The molecule has 1 fully saturated rings. The van der Waals surface area contributed by atoms with E-state index in [0.717, 1.165) is 12.1 Å². The Morgan fingerprint density at radius 1 is 1.27 bits per heavy atom. The molecule has 0 atom stereocenters. The monoisotopic (exact) mass is 433 g/mol. The van der Waals surface area contributed by atoms with E-state index in [9.17, 15) is 14.0 Å². The molecule has 7 nitrogen and oxygen atoms in total. The van der Waals surface area contributed by atoms with Crippen molar-refractivity contribution in [2.45, 2.75) is 37.4 Å². The van der Waals surface area contributed by atoms with Crippen LogP contribution in [0.2, 0.25) is 5.02 Å². The molecular formula is C20H18ClF2N5O2. The van der Waals surface area contributed by atoms with Crippen molar-refractivity contribution in [2.24, 2.45) is 0 Å². The fraction of sp³-hybridized carbons (Fsp3) is 0.300. The van der Waals surface area contributed by atoms with Gasteiger partial charge in [-0.25, -0.2) is 18.3 Å². The first-order valence-electron chi connectivity index (χ1n) is 9.40. The summed E-state index contributed by atoms with van der Waals surface area (Å²) in [5.41, 5.74) is -1.18.